The van der Waals surface area contributed by atoms with Gasteiger partial charge in [-0.15, -0.1) is 0 Å². The predicted molar refractivity (Wildman–Crippen MR) is 44.4 cm³/mol. The van der Waals surface area contributed by atoms with E-state index < -0.39 is 6.11 Å². The summed E-state index contributed by atoms with van der Waals surface area (Å²) in [5.41, 5.74) is -0.317. The van der Waals surface area contributed by atoms with Gasteiger partial charge in [0.05, 0.1) is 5.57 Å². The van der Waals surface area contributed by atoms with E-state index in [4.69, 9.17) is 0 Å². The Morgan fingerprint density at radius 1 is 1.58 bits per heavy atom. The van der Waals surface area contributed by atoms with Crippen LogP contribution in [-0.2, 0) is 4.74 Å². The van der Waals surface area contributed by atoms with Crippen molar-refractivity contribution in [1.82, 2.24) is 0 Å². The first-order chi connectivity index (χ1) is 5.58. The van der Waals surface area contributed by atoms with Crippen molar-refractivity contribution in [1.29, 1.82) is 0 Å². The standard InChI is InChI=1S/C8H11F2NO/c1-4-5-7(6-11-2)8(9,10)12-3/h4-6H,2H2,1,3H3/b5-4-,7-6+. The molecule has 0 spiro atoms. The molecule has 68 valence electrons. The molecule has 0 N–H and O–H groups in total. The van der Waals surface area contributed by atoms with Crippen LogP contribution >= 0.6 is 0 Å². The van der Waals surface area contributed by atoms with E-state index in [1.165, 1.54) is 12.2 Å². The van der Waals surface area contributed by atoms with Gasteiger partial charge in [-0.05, 0) is 13.6 Å². The number of hydrogen-bond donors (Lipinski definition) is 0. The summed E-state index contributed by atoms with van der Waals surface area (Å²) in [6.07, 6.45) is 0.360. The third-order valence-corrected chi connectivity index (χ3v) is 1.17. The number of aliphatic imine (C=N–C) groups is 1. The first-order valence-electron chi connectivity index (χ1n) is 3.30. The van der Waals surface area contributed by atoms with Crippen LogP contribution in [0.15, 0.2) is 28.9 Å². The van der Waals surface area contributed by atoms with Gasteiger partial charge in [0, 0.05) is 13.3 Å². The molecular formula is C8H11F2NO. The lowest BCUT2D eigenvalue weighted by Gasteiger charge is -2.13. The quantitative estimate of drug-likeness (QED) is 0.475. The molecule has 0 aliphatic rings. The number of halogens is 2. The summed E-state index contributed by atoms with van der Waals surface area (Å²) in [4.78, 5) is 3.25. The van der Waals surface area contributed by atoms with Crippen molar-refractivity contribution in [3.8, 4) is 0 Å². The van der Waals surface area contributed by atoms with Crippen molar-refractivity contribution in [2.45, 2.75) is 13.0 Å². The third-order valence-electron chi connectivity index (χ3n) is 1.17. The van der Waals surface area contributed by atoms with Gasteiger partial charge >= 0.3 is 6.11 Å². The van der Waals surface area contributed by atoms with E-state index in [-0.39, 0.29) is 5.57 Å². The van der Waals surface area contributed by atoms with E-state index in [0.29, 0.717) is 0 Å². The van der Waals surface area contributed by atoms with E-state index in [1.54, 1.807) is 6.92 Å². The van der Waals surface area contributed by atoms with Crippen LogP contribution in [-0.4, -0.2) is 19.9 Å². The number of methoxy groups -OCH3 is 1. The molecular weight excluding hydrogens is 164 g/mol. The molecule has 0 fully saturated rings. The van der Waals surface area contributed by atoms with Crippen LogP contribution in [0.25, 0.3) is 0 Å². The summed E-state index contributed by atoms with van der Waals surface area (Å²) in [6, 6.07) is 0. The molecule has 4 heteroatoms. The lowest BCUT2D eigenvalue weighted by atomic mass is 10.2. The van der Waals surface area contributed by atoms with Crippen LogP contribution in [0.3, 0.4) is 0 Å². The topological polar surface area (TPSA) is 21.6 Å². The van der Waals surface area contributed by atoms with E-state index in [0.717, 1.165) is 13.3 Å². The van der Waals surface area contributed by atoms with E-state index in [1.807, 2.05) is 0 Å². The van der Waals surface area contributed by atoms with Crippen LogP contribution in [0.1, 0.15) is 6.92 Å². The zero-order valence-corrected chi connectivity index (χ0v) is 7.05. The van der Waals surface area contributed by atoms with Crippen LogP contribution < -0.4 is 0 Å². The highest BCUT2D eigenvalue weighted by molar-refractivity contribution is 5.30. The van der Waals surface area contributed by atoms with Crippen molar-refractivity contribution in [3.63, 3.8) is 0 Å². The number of allylic oxidation sites excluding steroid dienone is 1. The Hall–Kier alpha value is -1.03. The predicted octanol–water partition coefficient (Wildman–Crippen LogP) is 2.39. The van der Waals surface area contributed by atoms with Gasteiger partial charge in [0.2, 0.25) is 0 Å². The van der Waals surface area contributed by atoms with Gasteiger partial charge in [-0.1, -0.05) is 12.2 Å². The van der Waals surface area contributed by atoms with Crippen molar-refractivity contribution < 1.29 is 13.5 Å². The second-order valence-electron chi connectivity index (χ2n) is 1.99. The van der Waals surface area contributed by atoms with Crippen molar-refractivity contribution >= 4 is 6.72 Å². The summed E-state index contributed by atoms with van der Waals surface area (Å²) in [7, 11) is 0.931. The Balaban J connectivity index is 4.73. The Bertz CT molecular complexity index is 209. The molecule has 0 aliphatic heterocycles. The lowest BCUT2D eigenvalue weighted by molar-refractivity contribution is -0.187. The Morgan fingerprint density at radius 2 is 2.17 bits per heavy atom. The van der Waals surface area contributed by atoms with E-state index >= 15 is 0 Å². The van der Waals surface area contributed by atoms with Gasteiger partial charge in [0.25, 0.3) is 0 Å². The highest BCUT2D eigenvalue weighted by Crippen LogP contribution is 2.25. The average molecular weight is 175 g/mol. The van der Waals surface area contributed by atoms with Crippen LogP contribution in [0.4, 0.5) is 8.78 Å². The smallest absolute Gasteiger partial charge is 0.320 e. The first kappa shape index (κ1) is 11.0. The van der Waals surface area contributed by atoms with Gasteiger partial charge in [0.15, 0.2) is 0 Å². The lowest BCUT2D eigenvalue weighted by Crippen LogP contribution is -2.20. The van der Waals surface area contributed by atoms with Gasteiger partial charge in [0.1, 0.15) is 0 Å². The first-order valence-corrected chi connectivity index (χ1v) is 3.30. The second kappa shape index (κ2) is 4.77. The molecule has 0 aliphatic carbocycles. The zero-order chi connectivity index (χ0) is 9.61. The molecule has 0 amide bonds. The molecule has 0 heterocycles. The van der Waals surface area contributed by atoms with E-state index in [2.05, 4.69) is 16.4 Å². The number of alkyl halides is 2. The molecule has 12 heavy (non-hydrogen) atoms. The number of ether oxygens (including phenoxy) is 1. The SMILES string of the molecule is C=N/C=C(\C=C/C)C(F)(F)OC. The Morgan fingerprint density at radius 3 is 2.50 bits per heavy atom. The molecule has 0 aromatic heterocycles. The average Bonchev–Trinajstić information content (AvgIpc) is 2.04. The summed E-state index contributed by atoms with van der Waals surface area (Å²) in [5, 5.41) is 0. The molecule has 0 saturated carbocycles. The molecule has 0 saturated heterocycles. The fraction of sp³-hybridized carbons (Fsp3) is 0.375. The molecule has 0 rings (SSSR count). The maximum atomic E-state index is 12.8. The summed E-state index contributed by atoms with van der Waals surface area (Å²) < 4.78 is 29.5. The minimum absolute atomic E-state index is 0.317. The highest BCUT2D eigenvalue weighted by atomic mass is 19.3. The van der Waals surface area contributed by atoms with Gasteiger partial charge in [-0.2, -0.15) is 8.78 Å². The molecule has 0 unspecified atom stereocenters. The van der Waals surface area contributed by atoms with Gasteiger partial charge in [-0.25, -0.2) is 0 Å². The van der Waals surface area contributed by atoms with Gasteiger partial charge < -0.3 is 4.74 Å². The number of nitrogens with zero attached hydrogens (tertiary/aromatic N) is 1. The highest BCUT2D eigenvalue weighted by Gasteiger charge is 2.32. The molecule has 0 atom stereocenters. The maximum absolute atomic E-state index is 12.8. The molecule has 0 aromatic rings. The van der Waals surface area contributed by atoms with Crippen LogP contribution in [0.5, 0.6) is 0 Å². The number of rotatable bonds is 4. The Labute approximate surface area is 70.3 Å². The van der Waals surface area contributed by atoms with E-state index in [9.17, 15) is 8.78 Å². The number of hydrogen-bond acceptors (Lipinski definition) is 2. The van der Waals surface area contributed by atoms with Crippen molar-refractivity contribution in [2.75, 3.05) is 7.11 Å². The largest absolute Gasteiger partial charge is 0.384 e. The zero-order valence-electron chi connectivity index (χ0n) is 7.05. The molecule has 0 aromatic carbocycles. The molecule has 2 nitrogen and oxygen atoms in total. The minimum Gasteiger partial charge on any atom is -0.320 e. The van der Waals surface area contributed by atoms with Gasteiger partial charge in [-0.3, -0.25) is 4.99 Å². The van der Waals surface area contributed by atoms with Crippen LogP contribution in [0.2, 0.25) is 0 Å². The normalized spacial score (nSPS) is 13.8. The molecule has 0 radical (unpaired) electrons. The van der Waals surface area contributed by atoms with Crippen molar-refractivity contribution in [2.24, 2.45) is 4.99 Å². The fourth-order valence-electron chi connectivity index (χ4n) is 0.611. The van der Waals surface area contributed by atoms with Crippen molar-refractivity contribution in [3.05, 3.63) is 23.9 Å². The maximum Gasteiger partial charge on any atom is 0.384 e. The second-order valence-corrected chi connectivity index (χ2v) is 1.99. The summed E-state index contributed by atoms with van der Waals surface area (Å²) in [5.74, 6) is 0. The summed E-state index contributed by atoms with van der Waals surface area (Å²) >= 11 is 0. The minimum atomic E-state index is -3.30. The molecule has 0 bridgehead atoms. The fourth-order valence-corrected chi connectivity index (χ4v) is 0.611. The van der Waals surface area contributed by atoms with Crippen LogP contribution in [0, 0.1) is 0 Å². The summed E-state index contributed by atoms with van der Waals surface area (Å²) in [6.45, 7) is 4.71. The Kier molecular flexibility index (Phi) is 4.36. The third kappa shape index (κ3) is 2.92. The monoisotopic (exact) mass is 175 g/mol.